The molecule has 1 unspecified atom stereocenters. The molecule has 0 aromatic heterocycles. The molecule has 0 aliphatic carbocycles. The number of carbonyl (C=O) groups is 2. The van der Waals surface area contributed by atoms with Crippen molar-refractivity contribution in [2.75, 3.05) is 25.0 Å². The van der Waals surface area contributed by atoms with Gasteiger partial charge in [-0.2, -0.15) is 0 Å². The second-order valence-corrected chi connectivity index (χ2v) is 5.57. The number of carbonyl (C=O) groups excluding carboxylic acids is 1. The van der Waals surface area contributed by atoms with Crippen LogP contribution in [0.5, 0.6) is 0 Å². The van der Waals surface area contributed by atoms with Crippen LogP contribution in [0.15, 0.2) is 24.3 Å². The van der Waals surface area contributed by atoms with Gasteiger partial charge in [-0.1, -0.05) is 18.5 Å². The maximum absolute atomic E-state index is 11.8. The van der Waals surface area contributed by atoms with Crippen LogP contribution in [0.2, 0.25) is 5.02 Å². The third-order valence-corrected chi connectivity index (χ3v) is 3.83. The van der Waals surface area contributed by atoms with E-state index in [2.05, 4.69) is 5.32 Å². The third-order valence-electron chi connectivity index (χ3n) is 3.58. The first-order chi connectivity index (χ1) is 9.45. The number of anilines is 1. The Morgan fingerprint density at radius 3 is 2.55 bits per heavy atom. The number of hydrogen-bond acceptors (Lipinski definition) is 3. The van der Waals surface area contributed by atoms with Crippen molar-refractivity contribution in [3.8, 4) is 0 Å². The first-order valence-corrected chi connectivity index (χ1v) is 6.84. The molecular formula is C14H17ClN2O3. The molecule has 1 saturated heterocycles. The van der Waals surface area contributed by atoms with Crippen molar-refractivity contribution >= 4 is 29.2 Å². The fourth-order valence-corrected chi connectivity index (χ4v) is 2.32. The predicted octanol–water partition coefficient (Wildman–Crippen LogP) is 1.93. The Morgan fingerprint density at radius 2 is 2.00 bits per heavy atom. The number of benzene rings is 1. The Kier molecular flexibility index (Phi) is 4.62. The van der Waals surface area contributed by atoms with E-state index < -0.39 is 5.97 Å². The molecular weight excluding hydrogens is 280 g/mol. The number of aliphatic carboxylic acids is 1. The maximum atomic E-state index is 11.8. The maximum Gasteiger partial charge on any atom is 0.306 e. The van der Waals surface area contributed by atoms with Crippen LogP contribution in [0.1, 0.15) is 6.92 Å². The SMILES string of the molecule is CC(C(=O)O)C1CN(CC(=O)Nc2ccc(Cl)cc2)C1. The summed E-state index contributed by atoms with van der Waals surface area (Å²) in [5.41, 5.74) is 0.704. The van der Waals surface area contributed by atoms with Crippen molar-refractivity contribution in [2.45, 2.75) is 6.92 Å². The van der Waals surface area contributed by atoms with Crippen LogP contribution in [0.25, 0.3) is 0 Å². The highest BCUT2D eigenvalue weighted by atomic mass is 35.5. The number of carboxylic acids is 1. The summed E-state index contributed by atoms with van der Waals surface area (Å²) in [4.78, 5) is 24.6. The van der Waals surface area contributed by atoms with Crippen LogP contribution in [-0.2, 0) is 9.59 Å². The molecule has 1 aliphatic heterocycles. The average molecular weight is 297 g/mol. The zero-order valence-electron chi connectivity index (χ0n) is 11.2. The van der Waals surface area contributed by atoms with Gasteiger partial charge in [-0.3, -0.25) is 14.5 Å². The van der Waals surface area contributed by atoms with Crippen molar-refractivity contribution in [3.05, 3.63) is 29.3 Å². The summed E-state index contributed by atoms with van der Waals surface area (Å²) in [6.07, 6.45) is 0. The summed E-state index contributed by atoms with van der Waals surface area (Å²) in [5, 5.41) is 12.3. The van der Waals surface area contributed by atoms with Crippen molar-refractivity contribution < 1.29 is 14.7 Å². The van der Waals surface area contributed by atoms with Crippen molar-refractivity contribution in [1.82, 2.24) is 4.90 Å². The molecule has 1 aliphatic rings. The molecule has 1 fully saturated rings. The van der Waals surface area contributed by atoms with E-state index in [-0.39, 0.29) is 24.3 Å². The first-order valence-electron chi connectivity index (χ1n) is 6.46. The topological polar surface area (TPSA) is 69.6 Å². The van der Waals surface area contributed by atoms with E-state index in [0.29, 0.717) is 23.8 Å². The van der Waals surface area contributed by atoms with Crippen molar-refractivity contribution in [1.29, 1.82) is 0 Å². The Labute approximate surface area is 122 Å². The van der Waals surface area contributed by atoms with Crippen LogP contribution in [0.3, 0.4) is 0 Å². The van der Waals surface area contributed by atoms with Crippen LogP contribution >= 0.6 is 11.6 Å². The molecule has 1 heterocycles. The van der Waals surface area contributed by atoms with Gasteiger partial charge in [0.05, 0.1) is 12.5 Å². The van der Waals surface area contributed by atoms with E-state index in [1.165, 1.54) is 0 Å². The number of amides is 1. The summed E-state index contributed by atoms with van der Waals surface area (Å²) in [6.45, 7) is 3.30. The van der Waals surface area contributed by atoms with Gasteiger partial charge in [0, 0.05) is 23.8 Å². The highest BCUT2D eigenvalue weighted by Crippen LogP contribution is 2.23. The van der Waals surface area contributed by atoms with Gasteiger partial charge in [0.15, 0.2) is 0 Å². The average Bonchev–Trinajstić information content (AvgIpc) is 2.35. The van der Waals surface area contributed by atoms with Crippen LogP contribution in [-0.4, -0.2) is 41.5 Å². The fraction of sp³-hybridized carbons (Fsp3) is 0.429. The standard InChI is InChI=1S/C14H17ClN2O3/c1-9(14(19)20)10-6-17(7-10)8-13(18)16-12-4-2-11(15)3-5-12/h2-5,9-10H,6-8H2,1H3,(H,16,18)(H,19,20). The third kappa shape index (κ3) is 3.71. The van der Waals surface area contributed by atoms with Gasteiger partial charge in [0.1, 0.15) is 0 Å². The summed E-state index contributed by atoms with van der Waals surface area (Å²) in [5.74, 6) is -1.10. The number of nitrogens with one attached hydrogen (secondary N) is 1. The second-order valence-electron chi connectivity index (χ2n) is 5.14. The second kappa shape index (κ2) is 6.24. The van der Waals surface area contributed by atoms with E-state index in [1.54, 1.807) is 31.2 Å². The lowest BCUT2D eigenvalue weighted by Gasteiger charge is -2.40. The minimum Gasteiger partial charge on any atom is -0.481 e. The molecule has 5 nitrogen and oxygen atoms in total. The van der Waals surface area contributed by atoms with Gasteiger partial charge in [-0.15, -0.1) is 0 Å². The predicted molar refractivity (Wildman–Crippen MR) is 76.8 cm³/mol. The van der Waals surface area contributed by atoms with E-state index >= 15 is 0 Å². The monoisotopic (exact) mass is 296 g/mol. The number of nitrogens with zero attached hydrogens (tertiary/aromatic N) is 1. The molecule has 0 radical (unpaired) electrons. The van der Waals surface area contributed by atoms with Gasteiger partial charge in [-0.25, -0.2) is 0 Å². The van der Waals surface area contributed by atoms with Crippen molar-refractivity contribution in [3.63, 3.8) is 0 Å². The molecule has 1 aromatic rings. The zero-order chi connectivity index (χ0) is 14.7. The normalized spacial score (nSPS) is 17.3. The van der Waals surface area contributed by atoms with E-state index in [1.807, 2.05) is 4.90 Å². The smallest absolute Gasteiger partial charge is 0.306 e. The van der Waals surface area contributed by atoms with E-state index in [4.69, 9.17) is 16.7 Å². The first kappa shape index (κ1) is 14.8. The zero-order valence-corrected chi connectivity index (χ0v) is 11.9. The summed E-state index contributed by atoms with van der Waals surface area (Å²) >= 11 is 5.77. The largest absolute Gasteiger partial charge is 0.481 e. The molecule has 0 bridgehead atoms. The molecule has 1 amide bonds. The quantitative estimate of drug-likeness (QED) is 0.871. The van der Waals surface area contributed by atoms with E-state index in [0.717, 1.165) is 0 Å². The summed E-state index contributed by atoms with van der Waals surface area (Å²) in [7, 11) is 0. The highest BCUT2D eigenvalue weighted by Gasteiger charge is 2.35. The van der Waals surface area contributed by atoms with Gasteiger partial charge >= 0.3 is 5.97 Å². The molecule has 2 rings (SSSR count). The van der Waals surface area contributed by atoms with Crippen LogP contribution in [0, 0.1) is 11.8 Å². The fourth-order valence-electron chi connectivity index (χ4n) is 2.19. The molecule has 108 valence electrons. The summed E-state index contributed by atoms with van der Waals surface area (Å²) < 4.78 is 0. The lowest BCUT2D eigenvalue weighted by molar-refractivity contribution is -0.145. The number of rotatable bonds is 5. The molecule has 0 spiro atoms. The van der Waals surface area contributed by atoms with E-state index in [9.17, 15) is 9.59 Å². The minimum absolute atomic E-state index is 0.103. The van der Waals surface area contributed by atoms with Crippen LogP contribution in [0.4, 0.5) is 5.69 Å². The number of carboxylic acid groups (broad SMARTS) is 1. The molecule has 1 atom stereocenters. The minimum atomic E-state index is -0.778. The van der Waals surface area contributed by atoms with Crippen molar-refractivity contribution in [2.24, 2.45) is 11.8 Å². The molecule has 6 heteroatoms. The molecule has 0 saturated carbocycles. The summed E-state index contributed by atoms with van der Waals surface area (Å²) in [6, 6.07) is 6.91. The highest BCUT2D eigenvalue weighted by molar-refractivity contribution is 6.30. The molecule has 1 aromatic carbocycles. The van der Waals surface area contributed by atoms with Gasteiger partial charge in [0.25, 0.3) is 0 Å². The Bertz CT molecular complexity index is 498. The van der Waals surface area contributed by atoms with Gasteiger partial charge < -0.3 is 10.4 Å². The number of halogens is 1. The van der Waals surface area contributed by atoms with Gasteiger partial charge in [0.2, 0.25) is 5.91 Å². The number of likely N-dealkylation sites (tertiary alicyclic amines) is 1. The number of hydrogen-bond donors (Lipinski definition) is 2. The lowest BCUT2D eigenvalue weighted by Crippen LogP contribution is -2.53. The van der Waals surface area contributed by atoms with Gasteiger partial charge in [-0.05, 0) is 30.2 Å². The molecule has 2 N–H and O–H groups in total. The molecule has 20 heavy (non-hydrogen) atoms. The Morgan fingerprint density at radius 1 is 1.40 bits per heavy atom. The van der Waals surface area contributed by atoms with Crippen LogP contribution < -0.4 is 5.32 Å². The Balaban J connectivity index is 1.74. The lowest BCUT2D eigenvalue weighted by atomic mass is 9.87. The Hall–Kier alpha value is -1.59.